The summed E-state index contributed by atoms with van der Waals surface area (Å²) < 4.78 is 28.8. The first kappa shape index (κ1) is 21.4. The van der Waals surface area contributed by atoms with Crippen molar-refractivity contribution in [3.8, 4) is 0 Å². The fraction of sp³-hybridized carbons (Fsp3) is 0.476. The van der Waals surface area contributed by atoms with Crippen LogP contribution in [0.5, 0.6) is 0 Å². The van der Waals surface area contributed by atoms with Crippen LogP contribution in [0.2, 0.25) is 5.02 Å². The fourth-order valence-corrected chi connectivity index (χ4v) is 5.80. The first-order chi connectivity index (χ1) is 14.3. The molecule has 0 bridgehead atoms. The smallest absolute Gasteiger partial charge is 0.270 e. The summed E-state index contributed by atoms with van der Waals surface area (Å²) in [4.78, 5) is 17.4. The van der Waals surface area contributed by atoms with Crippen molar-refractivity contribution in [2.75, 3.05) is 39.3 Å². The summed E-state index contributed by atoms with van der Waals surface area (Å²) in [6.45, 7) is 4.71. The highest BCUT2D eigenvalue weighted by molar-refractivity contribution is 7.89. The Balaban J connectivity index is 1.39. The van der Waals surface area contributed by atoms with Crippen molar-refractivity contribution in [1.82, 2.24) is 18.7 Å². The molecule has 30 heavy (non-hydrogen) atoms. The van der Waals surface area contributed by atoms with Gasteiger partial charge in [0.15, 0.2) is 0 Å². The SMILES string of the molecule is Cn1cc(S(=O)(=O)N2CCCC2)cc1C(=O)N1CCN(Cc2ccc(Cl)cc2)CC1. The second-order valence-corrected chi connectivity index (χ2v) is 10.4. The van der Waals surface area contributed by atoms with Crippen LogP contribution in [0, 0.1) is 0 Å². The Morgan fingerprint density at radius 1 is 1.00 bits per heavy atom. The molecule has 0 aliphatic carbocycles. The van der Waals surface area contributed by atoms with Crippen molar-refractivity contribution in [3.05, 3.63) is 52.8 Å². The van der Waals surface area contributed by atoms with Crippen LogP contribution in [0.25, 0.3) is 0 Å². The molecular formula is C21H27ClN4O3S. The zero-order valence-corrected chi connectivity index (χ0v) is 18.7. The second-order valence-electron chi connectivity index (χ2n) is 7.98. The number of benzene rings is 1. The lowest BCUT2D eigenvalue weighted by Crippen LogP contribution is -2.48. The van der Waals surface area contributed by atoms with Gasteiger partial charge in [-0.25, -0.2) is 8.42 Å². The van der Waals surface area contributed by atoms with Crippen LogP contribution in [0.4, 0.5) is 0 Å². The van der Waals surface area contributed by atoms with Crippen LogP contribution < -0.4 is 0 Å². The number of amides is 1. The molecule has 2 fully saturated rings. The molecule has 162 valence electrons. The maximum Gasteiger partial charge on any atom is 0.270 e. The van der Waals surface area contributed by atoms with Gasteiger partial charge in [0.25, 0.3) is 5.91 Å². The Morgan fingerprint density at radius 2 is 1.63 bits per heavy atom. The molecule has 1 aromatic heterocycles. The van der Waals surface area contributed by atoms with Crippen LogP contribution in [0.15, 0.2) is 41.4 Å². The molecule has 1 amide bonds. The summed E-state index contributed by atoms with van der Waals surface area (Å²) in [5.74, 6) is -0.119. The maximum atomic E-state index is 13.0. The summed E-state index contributed by atoms with van der Waals surface area (Å²) >= 11 is 5.95. The van der Waals surface area contributed by atoms with Gasteiger partial charge in [-0.2, -0.15) is 4.31 Å². The summed E-state index contributed by atoms with van der Waals surface area (Å²) in [6.07, 6.45) is 3.33. The highest BCUT2D eigenvalue weighted by Gasteiger charge is 2.31. The van der Waals surface area contributed by atoms with Gasteiger partial charge in [0, 0.05) is 64.1 Å². The lowest BCUT2D eigenvalue weighted by Gasteiger charge is -2.34. The molecule has 2 saturated heterocycles. The molecule has 0 saturated carbocycles. The quantitative estimate of drug-likeness (QED) is 0.701. The molecule has 0 unspecified atom stereocenters. The Labute approximate surface area is 182 Å². The number of carbonyl (C=O) groups is 1. The van der Waals surface area contributed by atoms with Gasteiger partial charge in [-0.1, -0.05) is 23.7 Å². The van der Waals surface area contributed by atoms with E-state index in [2.05, 4.69) is 4.90 Å². The number of piperazine rings is 1. The number of halogens is 1. The van der Waals surface area contributed by atoms with E-state index in [9.17, 15) is 13.2 Å². The van der Waals surface area contributed by atoms with E-state index in [-0.39, 0.29) is 10.8 Å². The predicted molar refractivity (Wildman–Crippen MR) is 116 cm³/mol. The number of sulfonamides is 1. The molecule has 9 heteroatoms. The van der Waals surface area contributed by atoms with Crippen molar-refractivity contribution in [1.29, 1.82) is 0 Å². The summed E-state index contributed by atoms with van der Waals surface area (Å²) in [5.41, 5.74) is 1.61. The van der Waals surface area contributed by atoms with Crippen LogP contribution in [0.1, 0.15) is 28.9 Å². The minimum atomic E-state index is -3.53. The topological polar surface area (TPSA) is 65.9 Å². The largest absolute Gasteiger partial charge is 0.345 e. The van der Waals surface area contributed by atoms with Gasteiger partial charge in [0.05, 0.1) is 0 Å². The third kappa shape index (κ3) is 4.42. The molecule has 0 atom stereocenters. The number of carbonyl (C=O) groups excluding carboxylic acids is 1. The van der Waals surface area contributed by atoms with E-state index >= 15 is 0 Å². The number of hydrogen-bond acceptors (Lipinski definition) is 4. The molecule has 2 aliphatic rings. The normalized spacial score (nSPS) is 18.8. The average Bonchev–Trinajstić information content (AvgIpc) is 3.40. The van der Waals surface area contributed by atoms with E-state index < -0.39 is 10.0 Å². The lowest BCUT2D eigenvalue weighted by molar-refractivity contribution is 0.0619. The lowest BCUT2D eigenvalue weighted by atomic mass is 10.2. The fourth-order valence-electron chi connectivity index (χ4n) is 4.08. The molecule has 4 rings (SSSR count). The van der Waals surface area contributed by atoms with Gasteiger partial charge in [-0.15, -0.1) is 0 Å². The van der Waals surface area contributed by atoms with Gasteiger partial charge in [-0.3, -0.25) is 9.69 Å². The zero-order chi connectivity index (χ0) is 21.3. The van der Waals surface area contributed by atoms with Gasteiger partial charge >= 0.3 is 0 Å². The maximum absolute atomic E-state index is 13.0. The molecule has 0 radical (unpaired) electrons. The molecule has 0 N–H and O–H groups in total. The number of nitrogens with zero attached hydrogens (tertiary/aromatic N) is 4. The summed E-state index contributed by atoms with van der Waals surface area (Å²) in [7, 11) is -1.80. The van der Waals surface area contributed by atoms with Crippen molar-refractivity contribution in [2.45, 2.75) is 24.3 Å². The van der Waals surface area contributed by atoms with Crippen LogP contribution in [-0.4, -0.2) is 72.3 Å². The van der Waals surface area contributed by atoms with Crippen molar-refractivity contribution >= 4 is 27.5 Å². The number of aryl methyl sites for hydroxylation is 1. The molecule has 3 heterocycles. The summed E-state index contributed by atoms with van der Waals surface area (Å²) in [5, 5.41) is 0.725. The Morgan fingerprint density at radius 3 is 2.27 bits per heavy atom. The van der Waals surface area contributed by atoms with Gasteiger partial charge in [0.1, 0.15) is 10.6 Å². The Kier molecular flexibility index (Phi) is 6.20. The first-order valence-electron chi connectivity index (χ1n) is 10.3. The molecule has 1 aromatic carbocycles. The van der Waals surface area contributed by atoms with E-state index in [0.717, 1.165) is 37.5 Å². The van der Waals surface area contributed by atoms with Crippen molar-refractivity contribution < 1.29 is 13.2 Å². The minimum absolute atomic E-state index is 0.119. The zero-order valence-electron chi connectivity index (χ0n) is 17.1. The third-order valence-electron chi connectivity index (χ3n) is 5.88. The van der Waals surface area contributed by atoms with Crippen LogP contribution in [-0.2, 0) is 23.6 Å². The van der Waals surface area contributed by atoms with Crippen molar-refractivity contribution in [2.24, 2.45) is 7.05 Å². The van der Waals surface area contributed by atoms with E-state index in [1.165, 1.54) is 15.9 Å². The number of aromatic nitrogens is 1. The van der Waals surface area contributed by atoms with Crippen LogP contribution in [0.3, 0.4) is 0 Å². The first-order valence-corrected chi connectivity index (χ1v) is 12.1. The highest BCUT2D eigenvalue weighted by atomic mass is 35.5. The Bertz CT molecular complexity index is 1010. The minimum Gasteiger partial charge on any atom is -0.345 e. The number of hydrogen-bond donors (Lipinski definition) is 0. The van der Waals surface area contributed by atoms with Gasteiger partial charge in [-0.05, 0) is 36.6 Å². The van der Waals surface area contributed by atoms with E-state index in [1.807, 2.05) is 24.3 Å². The average molecular weight is 451 g/mol. The predicted octanol–water partition coefficient (Wildman–Crippen LogP) is 2.42. The molecular weight excluding hydrogens is 424 g/mol. The molecule has 0 spiro atoms. The van der Waals surface area contributed by atoms with E-state index in [4.69, 9.17) is 11.6 Å². The van der Waals surface area contributed by atoms with Crippen molar-refractivity contribution in [3.63, 3.8) is 0 Å². The molecule has 7 nitrogen and oxygen atoms in total. The monoisotopic (exact) mass is 450 g/mol. The van der Waals surface area contributed by atoms with E-state index in [1.54, 1.807) is 22.7 Å². The van der Waals surface area contributed by atoms with Gasteiger partial charge in [0.2, 0.25) is 10.0 Å². The highest BCUT2D eigenvalue weighted by Crippen LogP contribution is 2.23. The molecule has 2 aromatic rings. The van der Waals surface area contributed by atoms with Crippen LogP contribution >= 0.6 is 11.6 Å². The second kappa shape index (κ2) is 8.70. The Hall–Kier alpha value is -1.87. The van der Waals surface area contributed by atoms with Gasteiger partial charge < -0.3 is 9.47 Å². The standard InChI is InChI=1S/C21H27ClN4O3S/c1-23-16-19(30(28,29)26-8-2-3-9-26)14-20(23)21(27)25-12-10-24(11-13-25)15-17-4-6-18(22)7-5-17/h4-7,14,16H,2-3,8-13,15H2,1H3. The van der Waals surface area contributed by atoms with E-state index in [0.29, 0.717) is 31.9 Å². The number of rotatable bonds is 5. The summed E-state index contributed by atoms with van der Waals surface area (Å²) in [6, 6.07) is 9.34. The molecule has 2 aliphatic heterocycles. The third-order valence-corrected chi connectivity index (χ3v) is 8.00.